The Balaban J connectivity index is 0.000000181. The van der Waals surface area contributed by atoms with Crippen molar-refractivity contribution in [3.05, 3.63) is 511 Å². The molecule has 2 aliphatic rings. The molecular formula is C113H100N2. The Morgan fingerprint density at radius 3 is 0.626 bits per heavy atom. The summed E-state index contributed by atoms with van der Waals surface area (Å²) in [6.45, 7) is 10.7. The summed E-state index contributed by atoms with van der Waals surface area (Å²) in [5, 5.41) is 0. The van der Waals surface area contributed by atoms with Gasteiger partial charge in [-0.05, 0) is 270 Å². The number of aryl methyl sites for hydroxylation is 9. The van der Waals surface area contributed by atoms with Gasteiger partial charge in [0.15, 0.2) is 0 Å². The Bertz CT molecular complexity index is 5620. The molecule has 14 aromatic carbocycles. The lowest BCUT2D eigenvalue weighted by molar-refractivity contribution is 0.685. The summed E-state index contributed by atoms with van der Waals surface area (Å²) < 4.78 is 0. The molecule has 0 unspecified atom stereocenters. The quantitative estimate of drug-likeness (QED) is 0.0624. The van der Waals surface area contributed by atoms with E-state index < -0.39 is 0 Å². The number of hydrogen-bond donors (Lipinski definition) is 0. The van der Waals surface area contributed by atoms with E-state index in [1.807, 2.05) is 0 Å². The first-order valence-corrected chi connectivity index (χ1v) is 40.8. The topological polar surface area (TPSA) is 6.48 Å². The van der Waals surface area contributed by atoms with Gasteiger partial charge in [-0.3, -0.25) is 0 Å². The van der Waals surface area contributed by atoms with Crippen LogP contribution in [-0.2, 0) is 25.7 Å². The highest BCUT2D eigenvalue weighted by Crippen LogP contribution is 2.41. The summed E-state index contributed by atoms with van der Waals surface area (Å²) in [7, 11) is 0. The maximum Gasteiger partial charge on any atom is 0.0464 e. The zero-order chi connectivity index (χ0) is 78.5. The standard InChI is InChI=1S/C57H51N.C56H49N/c1-42-19-29-49(30-20-42)56(48-14-5-4-6-15-48)17-9-11-45-25-36-53(37-26-45)58(55-40-35-47-13-7-8-16-52(47)41-55)54-38-27-46(28-39-54)12-10-18-57(50-31-21-43(2)22-32-50)51-33-23-44(3)24-34-51;1-42-23-31-49(32-24-42)55(47-16-5-3-6-17-47)21-11-13-44-27-36-52(37-28-44)57(54-40-35-46-15-9-10-20-51(46)41-54)53-38-29-45(30-39-53)14-12-22-56(48-18-7-4-8-19-48)50-33-25-43(2)26-34-50/h4-6,9-12,14-15,17-41H,7-8,13,16H2,1-3H3;3-8,11-14,16-19,21-41H,9-10,15,20H2,1-2H3/b11-9+,12-10+,56-17+;13-11+,14-12+,55-21+,56-22+. The number of anilines is 6. The fourth-order valence-corrected chi connectivity index (χ4v) is 15.5. The molecule has 0 radical (unpaired) electrons. The maximum absolute atomic E-state index is 2.42. The van der Waals surface area contributed by atoms with Crippen molar-refractivity contribution in [3.63, 3.8) is 0 Å². The highest BCUT2D eigenvalue weighted by molar-refractivity contribution is 5.87. The predicted molar refractivity (Wildman–Crippen MR) is 495 cm³/mol. The molecule has 16 rings (SSSR count). The first kappa shape index (κ1) is 76.9. The van der Waals surface area contributed by atoms with Crippen molar-refractivity contribution >= 4 is 80.7 Å². The third kappa shape index (κ3) is 20.1. The Kier molecular flexibility index (Phi) is 25.3. The summed E-state index contributed by atoms with van der Waals surface area (Å²) in [5.74, 6) is 0. The van der Waals surface area contributed by atoms with E-state index in [0.717, 1.165) is 57.8 Å². The average molecular weight is 1490 g/mol. The Morgan fingerprint density at radius 1 is 0.200 bits per heavy atom. The van der Waals surface area contributed by atoms with Crippen molar-refractivity contribution in [2.75, 3.05) is 9.80 Å². The van der Waals surface area contributed by atoms with E-state index >= 15 is 0 Å². The van der Waals surface area contributed by atoms with Crippen molar-refractivity contribution in [2.45, 2.75) is 86.0 Å². The van der Waals surface area contributed by atoms with Gasteiger partial charge in [0.2, 0.25) is 0 Å². The van der Waals surface area contributed by atoms with Crippen molar-refractivity contribution in [1.82, 2.24) is 0 Å². The van der Waals surface area contributed by atoms with E-state index in [4.69, 9.17) is 0 Å². The third-order valence-electron chi connectivity index (χ3n) is 22.1. The van der Waals surface area contributed by atoms with Gasteiger partial charge in [0.1, 0.15) is 0 Å². The van der Waals surface area contributed by atoms with Crippen LogP contribution < -0.4 is 9.80 Å². The second-order valence-electron chi connectivity index (χ2n) is 30.5. The molecule has 0 atom stereocenters. The molecule has 115 heavy (non-hydrogen) atoms. The van der Waals surface area contributed by atoms with E-state index in [1.54, 1.807) is 0 Å². The largest absolute Gasteiger partial charge is 0.310 e. The minimum Gasteiger partial charge on any atom is -0.310 e. The fourth-order valence-electron chi connectivity index (χ4n) is 15.5. The normalized spacial score (nSPS) is 13.0. The van der Waals surface area contributed by atoms with Crippen LogP contribution in [0.4, 0.5) is 34.1 Å². The monoisotopic (exact) mass is 1480 g/mol. The molecule has 0 amide bonds. The molecule has 0 spiro atoms. The molecule has 0 saturated carbocycles. The Morgan fingerprint density at radius 2 is 0.400 bits per heavy atom. The van der Waals surface area contributed by atoms with Crippen molar-refractivity contribution < 1.29 is 0 Å². The molecule has 562 valence electrons. The highest BCUT2D eigenvalue weighted by Gasteiger charge is 2.20. The number of allylic oxidation sites excluding steroid dienone is 8. The summed E-state index contributed by atoms with van der Waals surface area (Å²) >= 11 is 0. The van der Waals surface area contributed by atoms with E-state index in [0.29, 0.717) is 0 Å². The van der Waals surface area contributed by atoms with E-state index in [1.165, 1.54) is 167 Å². The zero-order valence-electron chi connectivity index (χ0n) is 66.9. The van der Waals surface area contributed by atoms with Crippen LogP contribution in [0.5, 0.6) is 0 Å². The van der Waals surface area contributed by atoms with Crippen LogP contribution in [0.2, 0.25) is 0 Å². The highest BCUT2D eigenvalue weighted by atomic mass is 15.1. The van der Waals surface area contributed by atoms with Crippen LogP contribution in [0.3, 0.4) is 0 Å². The van der Waals surface area contributed by atoms with Crippen LogP contribution in [0, 0.1) is 34.6 Å². The Labute approximate surface area is 683 Å². The summed E-state index contributed by atoms with van der Waals surface area (Å²) in [6, 6.07) is 126. The minimum absolute atomic E-state index is 1.14. The summed E-state index contributed by atoms with van der Waals surface area (Å²) in [4.78, 5) is 4.79. The second-order valence-corrected chi connectivity index (χ2v) is 30.5. The van der Waals surface area contributed by atoms with Crippen LogP contribution in [0.25, 0.3) is 46.6 Å². The number of hydrogen-bond acceptors (Lipinski definition) is 2. The molecule has 0 heterocycles. The number of benzene rings is 14. The van der Waals surface area contributed by atoms with Crippen molar-refractivity contribution in [1.29, 1.82) is 0 Å². The van der Waals surface area contributed by atoms with Gasteiger partial charge in [-0.25, -0.2) is 0 Å². The van der Waals surface area contributed by atoms with Crippen LogP contribution in [-0.4, -0.2) is 0 Å². The molecule has 2 aliphatic carbocycles. The summed E-state index contributed by atoms with van der Waals surface area (Å²) in [5.41, 5.74) is 38.4. The van der Waals surface area contributed by atoms with Crippen molar-refractivity contribution in [2.24, 2.45) is 0 Å². The lowest BCUT2D eigenvalue weighted by Crippen LogP contribution is -2.12. The predicted octanol–water partition coefficient (Wildman–Crippen LogP) is 30.2. The molecule has 0 bridgehead atoms. The van der Waals surface area contributed by atoms with Gasteiger partial charge >= 0.3 is 0 Å². The van der Waals surface area contributed by atoms with E-state index in [9.17, 15) is 0 Å². The smallest absolute Gasteiger partial charge is 0.0464 e. The lowest BCUT2D eigenvalue weighted by atomic mass is 9.91. The second kappa shape index (κ2) is 37.7. The molecule has 0 N–H and O–H groups in total. The van der Waals surface area contributed by atoms with Crippen molar-refractivity contribution in [3.8, 4) is 0 Å². The minimum atomic E-state index is 1.14. The van der Waals surface area contributed by atoms with Gasteiger partial charge in [0, 0.05) is 34.1 Å². The molecule has 2 heteroatoms. The van der Waals surface area contributed by atoms with Gasteiger partial charge in [-0.1, -0.05) is 374 Å². The molecule has 14 aromatic rings. The van der Waals surface area contributed by atoms with E-state index in [2.05, 4.69) is 463 Å². The number of nitrogens with zero attached hydrogens (tertiary/aromatic N) is 2. The lowest BCUT2D eigenvalue weighted by Gasteiger charge is -2.27. The summed E-state index contributed by atoms with van der Waals surface area (Å²) in [6.07, 6.45) is 36.1. The molecule has 0 aromatic heterocycles. The van der Waals surface area contributed by atoms with Crippen LogP contribution in [0.15, 0.2) is 394 Å². The number of rotatable bonds is 22. The van der Waals surface area contributed by atoms with Crippen LogP contribution >= 0.6 is 0 Å². The van der Waals surface area contributed by atoms with Gasteiger partial charge in [0.05, 0.1) is 0 Å². The molecular weight excluding hydrogens is 1390 g/mol. The molecule has 0 fully saturated rings. The average Bonchev–Trinajstić information content (AvgIpc) is 0.807. The zero-order valence-corrected chi connectivity index (χ0v) is 66.9. The maximum atomic E-state index is 2.42. The van der Waals surface area contributed by atoms with Gasteiger partial charge < -0.3 is 9.80 Å². The Hall–Kier alpha value is -13.4. The van der Waals surface area contributed by atoms with Gasteiger partial charge in [0.25, 0.3) is 0 Å². The van der Waals surface area contributed by atoms with Gasteiger partial charge in [-0.2, -0.15) is 0 Å². The van der Waals surface area contributed by atoms with E-state index in [-0.39, 0.29) is 0 Å². The first-order chi connectivity index (χ1) is 56.5. The number of fused-ring (bicyclic) bond motifs is 2. The fraction of sp³-hybridized carbons (Fsp3) is 0.115. The molecule has 0 saturated heterocycles. The SMILES string of the molecule is Cc1ccc(/C(=C/C=C/c2ccc(N(c3ccc(/C=C/C=C(\c4ccccc4)c4ccc(C)cc4)cc3)c3ccc4c(c3)CCCC4)cc2)c2ccccc2)cc1.Cc1ccc(C(=C/C=C/c2ccc(N(c3ccc(/C=C/C=C(\c4ccccc4)c4ccc(C)cc4)cc3)c3ccc4c(c3)CCCC4)cc2)c2ccc(C)cc2)cc1. The first-order valence-electron chi connectivity index (χ1n) is 40.8. The molecule has 0 aliphatic heterocycles. The molecule has 2 nitrogen and oxygen atoms in total. The third-order valence-corrected chi connectivity index (χ3v) is 22.1. The van der Waals surface area contributed by atoms with Gasteiger partial charge in [-0.15, -0.1) is 0 Å². The van der Waals surface area contributed by atoms with Crippen LogP contribution in [0.1, 0.15) is 143 Å².